The van der Waals surface area contributed by atoms with Crippen LogP contribution in [-0.2, 0) is 23.1 Å². The van der Waals surface area contributed by atoms with Crippen molar-refractivity contribution in [3.05, 3.63) is 52.6 Å². The maximum Gasteiger partial charge on any atom is 0.306 e. The van der Waals surface area contributed by atoms with Crippen molar-refractivity contribution in [1.29, 1.82) is 0 Å². The maximum absolute atomic E-state index is 12.5. The number of nitrogens with zero attached hydrogens (tertiary/aromatic N) is 3. The number of nitrogens with one attached hydrogen (secondary N) is 1. The van der Waals surface area contributed by atoms with Crippen molar-refractivity contribution < 1.29 is 19.4 Å². The smallest absolute Gasteiger partial charge is 0.306 e. The number of ether oxygens (including phenoxy) is 2. The molecule has 1 heterocycles. The Kier molecular flexibility index (Phi) is 7.59. The van der Waals surface area contributed by atoms with Gasteiger partial charge in [0.1, 0.15) is 16.8 Å². The van der Waals surface area contributed by atoms with Gasteiger partial charge in [0.2, 0.25) is 0 Å². The normalized spacial score (nSPS) is 12.2. The Hall–Kier alpha value is -2.97. The highest BCUT2D eigenvalue weighted by atomic mass is 16.5. The lowest BCUT2D eigenvalue weighted by Crippen LogP contribution is -2.18. The van der Waals surface area contributed by atoms with Gasteiger partial charge in [0, 0.05) is 26.1 Å². The van der Waals surface area contributed by atoms with E-state index in [-0.39, 0.29) is 24.9 Å². The van der Waals surface area contributed by atoms with Crippen molar-refractivity contribution in [2.24, 2.45) is 7.05 Å². The number of hydrogen-bond donors (Lipinski definition) is 2. The molecule has 0 saturated carbocycles. The minimum Gasteiger partial charge on any atom is -0.494 e. The molecule has 166 valence electrons. The average molecular weight is 427 g/mol. The first kappa shape index (κ1) is 22.7. The van der Waals surface area contributed by atoms with Gasteiger partial charge in [-0.1, -0.05) is 23.4 Å². The first-order chi connectivity index (χ1) is 15.0. The van der Waals surface area contributed by atoms with Crippen LogP contribution in [0.25, 0.3) is 11.0 Å². The Bertz CT molecular complexity index is 1050. The van der Waals surface area contributed by atoms with Crippen LogP contribution in [0, 0.1) is 6.92 Å². The van der Waals surface area contributed by atoms with Crippen molar-refractivity contribution in [3.63, 3.8) is 0 Å². The Labute approximate surface area is 182 Å². The molecule has 0 saturated heterocycles. The van der Waals surface area contributed by atoms with Gasteiger partial charge < -0.3 is 19.9 Å². The molecular weight excluding hydrogens is 396 g/mol. The van der Waals surface area contributed by atoms with Crippen LogP contribution in [0.15, 0.2) is 30.3 Å². The number of aromatic nitrogens is 3. The molecule has 0 bridgehead atoms. The number of aryl methyl sites for hydroxylation is 2. The molecule has 0 fully saturated rings. The second-order valence-corrected chi connectivity index (χ2v) is 7.45. The summed E-state index contributed by atoms with van der Waals surface area (Å²) in [6.07, 6.45) is 0.204. The van der Waals surface area contributed by atoms with E-state index in [1.165, 1.54) is 0 Å². The molecule has 0 aliphatic heterocycles. The topological polar surface area (TPSA) is 98.5 Å². The molecule has 0 amide bonds. The number of aliphatic hydroxyl groups excluding tert-OH is 1. The summed E-state index contributed by atoms with van der Waals surface area (Å²) < 4.78 is 12.5. The van der Waals surface area contributed by atoms with E-state index < -0.39 is 0 Å². The predicted molar refractivity (Wildman–Crippen MR) is 118 cm³/mol. The number of methoxy groups -OCH3 is 1. The zero-order chi connectivity index (χ0) is 22.4. The fourth-order valence-corrected chi connectivity index (χ4v) is 3.75. The lowest BCUT2D eigenvalue weighted by molar-refractivity contribution is -0.143. The first-order valence-corrected chi connectivity index (χ1v) is 10.4. The third-order valence-electron chi connectivity index (χ3n) is 5.37. The number of carbonyl (C=O) groups is 1. The van der Waals surface area contributed by atoms with E-state index in [1.807, 2.05) is 25.2 Å². The van der Waals surface area contributed by atoms with Gasteiger partial charge in [0.15, 0.2) is 0 Å². The van der Waals surface area contributed by atoms with E-state index in [9.17, 15) is 4.79 Å². The van der Waals surface area contributed by atoms with Crippen molar-refractivity contribution >= 4 is 17.0 Å². The van der Waals surface area contributed by atoms with Gasteiger partial charge in [-0.15, -0.1) is 5.10 Å². The number of esters is 1. The summed E-state index contributed by atoms with van der Waals surface area (Å²) in [5, 5.41) is 20.6. The summed E-state index contributed by atoms with van der Waals surface area (Å²) in [7, 11) is 3.43. The number of rotatable bonds is 10. The molecule has 3 aromatic rings. The highest BCUT2D eigenvalue weighted by Crippen LogP contribution is 2.35. The van der Waals surface area contributed by atoms with Crippen LogP contribution < -0.4 is 10.1 Å². The molecule has 31 heavy (non-hydrogen) atoms. The largest absolute Gasteiger partial charge is 0.494 e. The van der Waals surface area contributed by atoms with E-state index in [0.29, 0.717) is 31.0 Å². The lowest BCUT2D eigenvalue weighted by atomic mass is 9.86. The standard InChI is InChI=1S/C23H30N4O4/c1-5-31-22(29)13-19(16-7-6-15(2)18(10-16)14-24-8-9-28)17-11-20-23(21(12-17)30-4)27(3)26-25-20/h6-7,10-12,19,24,28H,5,8-9,13-14H2,1-4H3. The summed E-state index contributed by atoms with van der Waals surface area (Å²) in [6.45, 7) is 5.44. The molecule has 1 aromatic heterocycles. The van der Waals surface area contributed by atoms with E-state index in [0.717, 1.165) is 27.8 Å². The Morgan fingerprint density at radius 2 is 2.06 bits per heavy atom. The summed E-state index contributed by atoms with van der Waals surface area (Å²) >= 11 is 0. The second-order valence-electron chi connectivity index (χ2n) is 7.45. The van der Waals surface area contributed by atoms with Crippen molar-refractivity contribution in [2.75, 3.05) is 26.9 Å². The van der Waals surface area contributed by atoms with Gasteiger partial charge in [-0.2, -0.15) is 0 Å². The van der Waals surface area contributed by atoms with Gasteiger partial charge in [-0.25, -0.2) is 4.68 Å². The number of hydrogen-bond acceptors (Lipinski definition) is 7. The molecule has 2 aromatic carbocycles. The molecule has 8 nitrogen and oxygen atoms in total. The van der Waals surface area contributed by atoms with E-state index in [2.05, 4.69) is 34.7 Å². The number of fused-ring (bicyclic) bond motifs is 1. The fourth-order valence-electron chi connectivity index (χ4n) is 3.75. The summed E-state index contributed by atoms with van der Waals surface area (Å²) in [5.41, 5.74) is 5.70. The van der Waals surface area contributed by atoms with Gasteiger partial charge >= 0.3 is 5.97 Å². The molecular formula is C23H30N4O4. The molecule has 0 aliphatic carbocycles. The summed E-state index contributed by atoms with van der Waals surface area (Å²) in [4.78, 5) is 12.5. The summed E-state index contributed by atoms with van der Waals surface area (Å²) in [5.74, 6) is 0.175. The van der Waals surface area contributed by atoms with Crippen LogP contribution in [0.5, 0.6) is 5.75 Å². The van der Waals surface area contributed by atoms with E-state index >= 15 is 0 Å². The van der Waals surface area contributed by atoms with Crippen molar-refractivity contribution in [1.82, 2.24) is 20.3 Å². The molecule has 3 rings (SSSR count). The molecule has 0 aliphatic rings. The number of carbonyl (C=O) groups excluding carboxylic acids is 1. The van der Waals surface area contributed by atoms with Crippen LogP contribution in [-0.4, -0.2) is 52.9 Å². The van der Waals surface area contributed by atoms with Crippen LogP contribution >= 0.6 is 0 Å². The zero-order valence-electron chi connectivity index (χ0n) is 18.5. The lowest BCUT2D eigenvalue weighted by Gasteiger charge is -2.20. The number of aliphatic hydroxyl groups is 1. The minimum absolute atomic E-state index is 0.0855. The third kappa shape index (κ3) is 5.21. The van der Waals surface area contributed by atoms with Crippen LogP contribution in [0.2, 0.25) is 0 Å². The second kappa shape index (κ2) is 10.4. The van der Waals surface area contributed by atoms with Crippen molar-refractivity contribution in [3.8, 4) is 5.75 Å². The van der Waals surface area contributed by atoms with Crippen molar-refractivity contribution in [2.45, 2.75) is 32.7 Å². The van der Waals surface area contributed by atoms with Gasteiger partial charge in [0.05, 0.1) is 26.7 Å². The van der Waals surface area contributed by atoms with Crippen LogP contribution in [0.4, 0.5) is 0 Å². The quantitative estimate of drug-likeness (QED) is 0.380. The Morgan fingerprint density at radius 3 is 2.77 bits per heavy atom. The molecule has 1 unspecified atom stereocenters. The molecule has 8 heteroatoms. The fraction of sp³-hybridized carbons (Fsp3) is 0.435. The minimum atomic E-state index is -0.258. The van der Waals surface area contributed by atoms with E-state index in [4.69, 9.17) is 14.6 Å². The van der Waals surface area contributed by atoms with Crippen LogP contribution in [0.3, 0.4) is 0 Å². The van der Waals surface area contributed by atoms with Gasteiger partial charge in [-0.3, -0.25) is 4.79 Å². The van der Waals surface area contributed by atoms with Gasteiger partial charge in [-0.05, 0) is 48.2 Å². The SMILES string of the molecule is CCOC(=O)CC(c1ccc(C)c(CNCCO)c1)c1cc(OC)c2c(c1)nnn2C. The summed E-state index contributed by atoms with van der Waals surface area (Å²) in [6, 6.07) is 10.1. The highest BCUT2D eigenvalue weighted by molar-refractivity contribution is 5.83. The first-order valence-electron chi connectivity index (χ1n) is 10.4. The predicted octanol–water partition coefficient (Wildman–Crippen LogP) is 2.45. The van der Waals surface area contributed by atoms with Gasteiger partial charge in [0.25, 0.3) is 0 Å². The third-order valence-corrected chi connectivity index (χ3v) is 5.37. The Morgan fingerprint density at radius 1 is 1.26 bits per heavy atom. The molecule has 0 radical (unpaired) electrons. The van der Waals surface area contributed by atoms with E-state index in [1.54, 1.807) is 18.7 Å². The Balaban J connectivity index is 2.06. The zero-order valence-corrected chi connectivity index (χ0v) is 18.5. The molecule has 0 spiro atoms. The van der Waals surface area contributed by atoms with Crippen LogP contribution in [0.1, 0.15) is 41.5 Å². The highest BCUT2D eigenvalue weighted by Gasteiger charge is 2.23. The monoisotopic (exact) mass is 426 g/mol. The average Bonchev–Trinajstić information content (AvgIpc) is 3.14. The number of benzene rings is 2. The molecule has 2 N–H and O–H groups in total. The molecule has 1 atom stereocenters. The maximum atomic E-state index is 12.5.